The summed E-state index contributed by atoms with van der Waals surface area (Å²) < 4.78 is 19.9. The number of nitrogens with one attached hydrogen (secondary N) is 1. The summed E-state index contributed by atoms with van der Waals surface area (Å²) in [5.41, 5.74) is 1.06. The molecule has 1 heterocycles. The van der Waals surface area contributed by atoms with E-state index in [0.717, 1.165) is 34.1 Å². The molecule has 0 saturated heterocycles. The monoisotopic (exact) mass is 620 g/mol. The van der Waals surface area contributed by atoms with Crippen molar-refractivity contribution < 1.29 is 45.2 Å². The number of carbonyl (C=O) groups excluding carboxylic acids is 1. The van der Waals surface area contributed by atoms with Gasteiger partial charge in [-0.05, 0) is 0 Å². The molecular formula is C21H22I2N2O4. The maximum atomic E-state index is 11.5. The number of hydrogen-bond donors (Lipinski definition) is 1. The second-order valence-corrected chi connectivity index (χ2v) is 10.1. The number of carbonyl (C=O) groups is 1. The van der Waals surface area contributed by atoms with Crippen molar-refractivity contribution in [3.63, 3.8) is 0 Å². The summed E-state index contributed by atoms with van der Waals surface area (Å²) in [5.74, 6) is 2.39. The molecule has 0 saturated carbocycles. The van der Waals surface area contributed by atoms with E-state index in [1.54, 1.807) is 26.0 Å². The van der Waals surface area contributed by atoms with Crippen LogP contribution in [0.5, 0.6) is 17.2 Å². The van der Waals surface area contributed by atoms with Gasteiger partial charge in [-0.2, -0.15) is 0 Å². The topological polar surface area (TPSA) is 62.0 Å². The van der Waals surface area contributed by atoms with E-state index in [-0.39, 0.29) is 11.9 Å². The van der Waals surface area contributed by atoms with E-state index in [1.807, 2.05) is 55.6 Å². The summed E-state index contributed by atoms with van der Waals surface area (Å²) >= 11 is 1.66. The summed E-state index contributed by atoms with van der Waals surface area (Å²) in [7, 11) is 3.45. The first-order valence-corrected chi connectivity index (χ1v) is 12.1. The molecule has 1 atom stereocenters. The van der Waals surface area contributed by atoms with Crippen molar-refractivity contribution in [3.05, 3.63) is 61.6 Å². The number of rotatable bonds is 6. The van der Waals surface area contributed by atoms with E-state index in [4.69, 9.17) is 14.2 Å². The fraction of sp³-hybridized carbons (Fsp3) is 0.238. The van der Waals surface area contributed by atoms with Gasteiger partial charge in [0.05, 0.1) is 0 Å². The fourth-order valence-corrected chi connectivity index (χ4v) is 4.98. The average molecular weight is 620 g/mol. The van der Waals surface area contributed by atoms with Crippen molar-refractivity contribution in [2.75, 3.05) is 14.2 Å². The minimum absolute atomic E-state index is 0.0154. The summed E-state index contributed by atoms with van der Waals surface area (Å²) in [5, 5.41) is 0. The SMILES string of the molecule is COc1ccc(OC2=[NH+]C=C(Oc3ccc(C(C)N(C)C(C)=O)cc3)[I-]2)c(I)c1. The molecule has 1 amide bonds. The molecule has 0 radical (unpaired) electrons. The van der Waals surface area contributed by atoms with Crippen LogP contribution < -0.4 is 40.4 Å². The molecule has 1 N–H and O–H groups in total. The Morgan fingerprint density at radius 2 is 1.83 bits per heavy atom. The van der Waals surface area contributed by atoms with E-state index in [0.29, 0.717) is 0 Å². The van der Waals surface area contributed by atoms with Gasteiger partial charge in [0.2, 0.25) is 0 Å². The summed E-state index contributed by atoms with van der Waals surface area (Å²) in [6.07, 6.45) is 1.85. The molecule has 0 bridgehead atoms. The summed E-state index contributed by atoms with van der Waals surface area (Å²) in [4.78, 5) is 16.4. The van der Waals surface area contributed by atoms with Crippen molar-refractivity contribution in [1.29, 1.82) is 0 Å². The maximum absolute atomic E-state index is 11.5. The fourth-order valence-electron chi connectivity index (χ4n) is 2.56. The Balaban J connectivity index is 1.56. The molecule has 0 aliphatic carbocycles. The van der Waals surface area contributed by atoms with Gasteiger partial charge in [-0.1, -0.05) is 0 Å². The van der Waals surface area contributed by atoms with Gasteiger partial charge in [0.15, 0.2) is 0 Å². The molecule has 0 spiro atoms. The van der Waals surface area contributed by atoms with E-state index in [1.165, 1.54) is 0 Å². The van der Waals surface area contributed by atoms with Crippen molar-refractivity contribution in [2.45, 2.75) is 19.9 Å². The van der Waals surface area contributed by atoms with Gasteiger partial charge in [0.25, 0.3) is 0 Å². The van der Waals surface area contributed by atoms with Gasteiger partial charge >= 0.3 is 195 Å². The van der Waals surface area contributed by atoms with Crippen LogP contribution in [-0.4, -0.2) is 28.9 Å². The van der Waals surface area contributed by atoms with Crippen LogP contribution in [-0.2, 0) is 4.79 Å². The summed E-state index contributed by atoms with van der Waals surface area (Å²) in [6.45, 7) is 3.58. The molecule has 2 aromatic carbocycles. The van der Waals surface area contributed by atoms with Gasteiger partial charge in [-0.15, -0.1) is 0 Å². The van der Waals surface area contributed by atoms with E-state index in [9.17, 15) is 4.79 Å². The Morgan fingerprint density at radius 3 is 2.45 bits per heavy atom. The molecule has 1 aliphatic heterocycles. The zero-order chi connectivity index (χ0) is 21.0. The first kappa shape index (κ1) is 21.9. The van der Waals surface area contributed by atoms with Crippen LogP contribution in [0.1, 0.15) is 25.5 Å². The number of halogens is 2. The van der Waals surface area contributed by atoms with E-state index in [2.05, 4.69) is 27.6 Å². The number of benzene rings is 2. The van der Waals surface area contributed by atoms with Gasteiger partial charge in [-0.25, -0.2) is 0 Å². The van der Waals surface area contributed by atoms with Crippen molar-refractivity contribution in [1.82, 2.24) is 4.90 Å². The number of hydrogen-bond acceptors (Lipinski definition) is 4. The quantitative estimate of drug-likeness (QED) is 0.449. The van der Waals surface area contributed by atoms with Gasteiger partial charge in [0.1, 0.15) is 0 Å². The predicted octanol–water partition coefficient (Wildman–Crippen LogP) is -0.365. The zero-order valence-electron chi connectivity index (χ0n) is 16.5. The molecule has 29 heavy (non-hydrogen) atoms. The molecule has 1 aliphatic rings. The Kier molecular flexibility index (Phi) is 7.38. The van der Waals surface area contributed by atoms with Crippen molar-refractivity contribution >= 4 is 32.4 Å². The molecule has 154 valence electrons. The van der Waals surface area contributed by atoms with Crippen LogP contribution in [0.4, 0.5) is 0 Å². The Morgan fingerprint density at radius 1 is 1.14 bits per heavy atom. The normalized spacial score (nSPS) is 14.2. The Bertz CT molecular complexity index is 958. The standard InChI is InChI=1S/C21H21I2N2O4/c1-13(25(3)14(2)26)15-5-7-16(8-6-15)28-20-12-24-21(23-20)29-19-10-9-17(27-4)11-18(19)22/h5-13H,1-4H3/q-1/p+1. The van der Waals surface area contributed by atoms with Crippen LogP contribution >= 0.6 is 22.6 Å². The number of nitrogens with zero attached hydrogens (tertiary/aromatic N) is 1. The average Bonchev–Trinajstić information content (AvgIpc) is 3.15. The van der Waals surface area contributed by atoms with Crippen LogP contribution in [0.25, 0.3) is 0 Å². The first-order valence-electron chi connectivity index (χ1n) is 8.88. The van der Waals surface area contributed by atoms with Crippen LogP contribution in [0.3, 0.4) is 0 Å². The second kappa shape index (κ2) is 9.79. The third kappa shape index (κ3) is 5.62. The number of amides is 1. The molecular weight excluding hydrogens is 598 g/mol. The first-order chi connectivity index (χ1) is 13.9. The minimum atomic E-state index is -0.571. The predicted molar refractivity (Wildman–Crippen MR) is 114 cm³/mol. The third-order valence-electron chi connectivity index (χ3n) is 4.47. The molecule has 6 nitrogen and oxygen atoms in total. The van der Waals surface area contributed by atoms with E-state index < -0.39 is 21.2 Å². The Labute approximate surface area is 194 Å². The van der Waals surface area contributed by atoms with Crippen LogP contribution in [0, 0.1) is 3.57 Å². The Hall–Kier alpha value is -1.82. The molecule has 2 aromatic rings. The van der Waals surface area contributed by atoms with Crippen LogP contribution in [0.2, 0.25) is 0 Å². The van der Waals surface area contributed by atoms with Crippen molar-refractivity contribution in [2.24, 2.45) is 0 Å². The summed E-state index contributed by atoms with van der Waals surface area (Å²) in [6, 6.07) is 13.6. The van der Waals surface area contributed by atoms with Crippen molar-refractivity contribution in [3.8, 4) is 17.2 Å². The third-order valence-corrected chi connectivity index (χ3v) is 7.40. The molecule has 0 fully saturated rings. The molecule has 0 aromatic heterocycles. The molecule has 1 unspecified atom stereocenters. The van der Waals surface area contributed by atoms with Gasteiger partial charge in [0, 0.05) is 0 Å². The van der Waals surface area contributed by atoms with Gasteiger partial charge < -0.3 is 0 Å². The van der Waals surface area contributed by atoms with Gasteiger partial charge in [-0.3, -0.25) is 0 Å². The van der Waals surface area contributed by atoms with E-state index >= 15 is 0 Å². The molecule has 3 rings (SSSR count). The van der Waals surface area contributed by atoms with Crippen LogP contribution in [0.15, 0.2) is 52.4 Å². The second-order valence-electron chi connectivity index (χ2n) is 6.34. The number of methoxy groups -OCH3 is 1. The molecule has 8 heteroatoms. The zero-order valence-corrected chi connectivity index (χ0v) is 20.8. The number of ether oxygens (including phenoxy) is 3.